The van der Waals surface area contributed by atoms with Crippen molar-refractivity contribution in [3.63, 3.8) is 0 Å². The van der Waals surface area contributed by atoms with Gasteiger partial charge in [0.2, 0.25) is 5.91 Å². The third-order valence-corrected chi connectivity index (χ3v) is 5.36. The van der Waals surface area contributed by atoms with Crippen LogP contribution in [0.4, 0.5) is 4.39 Å². The van der Waals surface area contributed by atoms with Gasteiger partial charge >= 0.3 is 5.97 Å². The minimum Gasteiger partial charge on any atom is -0.510 e. The summed E-state index contributed by atoms with van der Waals surface area (Å²) >= 11 is 0. The molecule has 144 valence electrons. The maximum absolute atomic E-state index is 14.2. The van der Waals surface area contributed by atoms with Crippen LogP contribution >= 0.6 is 0 Å². The van der Waals surface area contributed by atoms with Gasteiger partial charge in [-0.2, -0.15) is 0 Å². The summed E-state index contributed by atoms with van der Waals surface area (Å²) in [6.07, 6.45) is 2.48. The van der Waals surface area contributed by atoms with E-state index in [2.05, 4.69) is 10.3 Å². The Morgan fingerprint density at radius 2 is 2.04 bits per heavy atom. The van der Waals surface area contributed by atoms with Gasteiger partial charge in [-0.05, 0) is 32.8 Å². The molecule has 0 bridgehead atoms. The monoisotopic (exact) mass is 374 g/mol. The summed E-state index contributed by atoms with van der Waals surface area (Å²) in [5.74, 6) is -1.99. The first-order valence-electron chi connectivity index (χ1n) is 8.98. The molecule has 1 amide bonds. The number of amides is 1. The number of rotatable bonds is 3. The summed E-state index contributed by atoms with van der Waals surface area (Å²) in [5, 5.41) is 13.5. The van der Waals surface area contributed by atoms with Gasteiger partial charge in [-0.15, -0.1) is 0 Å². The number of esters is 1. The molecular weight excluding hydrogens is 351 g/mol. The molecule has 2 aliphatic rings. The second-order valence-corrected chi connectivity index (χ2v) is 7.14. The number of nitrogens with one attached hydrogen (secondary N) is 1. The highest BCUT2D eigenvalue weighted by Crippen LogP contribution is 2.46. The Hall–Kier alpha value is -2.70. The first-order chi connectivity index (χ1) is 12.8. The minimum atomic E-state index is -1.11. The zero-order valence-corrected chi connectivity index (χ0v) is 15.6. The second kappa shape index (κ2) is 7.13. The summed E-state index contributed by atoms with van der Waals surface area (Å²) < 4.78 is 19.0. The molecule has 1 aliphatic carbocycles. The molecule has 1 aromatic carbocycles. The van der Waals surface area contributed by atoms with Crippen LogP contribution in [-0.2, 0) is 14.3 Å². The molecular formula is C20H23FN2O4. The zero-order chi connectivity index (χ0) is 19.8. The van der Waals surface area contributed by atoms with Crippen molar-refractivity contribution in [2.75, 3.05) is 7.11 Å². The highest BCUT2D eigenvalue weighted by Gasteiger charge is 2.51. The van der Waals surface area contributed by atoms with E-state index in [9.17, 15) is 19.1 Å². The lowest BCUT2D eigenvalue weighted by Crippen LogP contribution is -2.51. The molecule has 0 radical (unpaired) electrons. The molecule has 0 saturated heterocycles. The first kappa shape index (κ1) is 19.1. The Morgan fingerprint density at radius 3 is 2.67 bits per heavy atom. The molecule has 0 unspecified atom stereocenters. The lowest BCUT2D eigenvalue weighted by atomic mass is 9.78. The number of benzene rings is 1. The predicted octanol–water partition coefficient (Wildman–Crippen LogP) is 3.27. The molecule has 2 N–H and O–H groups in total. The Kier molecular flexibility index (Phi) is 5.04. The van der Waals surface area contributed by atoms with Gasteiger partial charge in [-0.1, -0.05) is 30.5 Å². The van der Waals surface area contributed by atoms with Gasteiger partial charge < -0.3 is 15.2 Å². The van der Waals surface area contributed by atoms with Crippen LogP contribution in [-0.4, -0.2) is 29.9 Å². The normalized spacial score (nSPS) is 21.5. The number of aliphatic imine (C=N–C) groups is 1. The number of carbonyl (C=O) groups is 2. The van der Waals surface area contributed by atoms with Crippen LogP contribution < -0.4 is 5.32 Å². The number of nitrogens with zero attached hydrogens (tertiary/aromatic N) is 1. The summed E-state index contributed by atoms with van der Waals surface area (Å²) in [6.45, 7) is 3.49. The summed E-state index contributed by atoms with van der Waals surface area (Å²) in [5.41, 5.74) is -0.0662. The molecule has 0 aromatic heterocycles. The molecule has 1 saturated carbocycles. The van der Waals surface area contributed by atoms with E-state index in [1.54, 1.807) is 19.1 Å². The van der Waals surface area contributed by atoms with Crippen molar-refractivity contribution in [1.29, 1.82) is 0 Å². The smallest absolute Gasteiger partial charge is 0.345 e. The van der Waals surface area contributed by atoms with Gasteiger partial charge in [0.1, 0.15) is 28.4 Å². The van der Waals surface area contributed by atoms with Crippen molar-refractivity contribution in [3.8, 4) is 0 Å². The highest BCUT2D eigenvalue weighted by atomic mass is 19.1. The van der Waals surface area contributed by atoms with Gasteiger partial charge in [0.15, 0.2) is 0 Å². The average Bonchev–Trinajstić information content (AvgIpc) is 3.13. The fourth-order valence-corrected chi connectivity index (χ4v) is 3.83. The van der Waals surface area contributed by atoms with Crippen LogP contribution in [0.3, 0.4) is 0 Å². The maximum Gasteiger partial charge on any atom is 0.345 e. The van der Waals surface area contributed by atoms with Crippen molar-refractivity contribution in [3.05, 3.63) is 46.5 Å². The zero-order valence-electron chi connectivity index (χ0n) is 15.6. The van der Waals surface area contributed by atoms with E-state index in [1.165, 1.54) is 13.2 Å². The van der Waals surface area contributed by atoms with E-state index >= 15 is 0 Å². The molecule has 1 aromatic rings. The number of halogens is 1. The molecule has 1 heterocycles. The standard InChI is InChI=1S/C20H23FN2O4/c1-11-6-7-14(21)13(10-11)12(2)22-17-15(18(25)27-3)16(24)20(19(26)23-17)8-4-5-9-20/h6-7,10,12,24H,4-5,8-9H2,1-3H3,(H,22,23,26)/t12-/m0/s1. The summed E-state index contributed by atoms with van der Waals surface area (Å²) in [7, 11) is 1.20. The van der Waals surface area contributed by atoms with Crippen LogP contribution in [0, 0.1) is 18.2 Å². The number of ether oxygens (including phenoxy) is 1. The fraction of sp³-hybridized carbons (Fsp3) is 0.450. The highest BCUT2D eigenvalue weighted by molar-refractivity contribution is 6.26. The van der Waals surface area contributed by atoms with Crippen molar-refractivity contribution in [1.82, 2.24) is 5.32 Å². The van der Waals surface area contributed by atoms with Crippen LogP contribution in [0.2, 0.25) is 0 Å². The van der Waals surface area contributed by atoms with Crippen molar-refractivity contribution in [2.45, 2.75) is 45.6 Å². The molecule has 3 rings (SSSR count). The van der Waals surface area contributed by atoms with Crippen LogP contribution in [0.15, 0.2) is 34.5 Å². The van der Waals surface area contributed by atoms with Gasteiger partial charge in [0.05, 0.1) is 13.2 Å². The maximum atomic E-state index is 14.2. The Bertz CT molecular complexity index is 854. The largest absolute Gasteiger partial charge is 0.510 e. The molecule has 1 fully saturated rings. The topological polar surface area (TPSA) is 88.0 Å². The second-order valence-electron chi connectivity index (χ2n) is 7.14. The van der Waals surface area contributed by atoms with E-state index in [0.29, 0.717) is 18.4 Å². The number of hydrogen-bond acceptors (Lipinski definition) is 5. The van der Waals surface area contributed by atoms with E-state index in [1.807, 2.05) is 6.92 Å². The number of amidine groups is 1. The predicted molar refractivity (Wildman–Crippen MR) is 97.7 cm³/mol. The Labute approximate surface area is 157 Å². The Morgan fingerprint density at radius 1 is 1.37 bits per heavy atom. The quantitative estimate of drug-likeness (QED) is 0.795. The molecule has 6 nitrogen and oxygen atoms in total. The SMILES string of the molecule is COC(=O)C1=C(O)C2(CCCC2)C(=O)NC1=N[C@@H](C)c1cc(C)ccc1F. The van der Waals surface area contributed by atoms with E-state index < -0.39 is 23.2 Å². The third kappa shape index (κ3) is 3.22. The molecule has 27 heavy (non-hydrogen) atoms. The van der Waals surface area contributed by atoms with Crippen molar-refractivity contribution in [2.24, 2.45) is 10.4 Å². The number of aliphatic hydroxyl groups excluding tert-OH is 1. The van der Waals surface area contributed by atoms with Gasteiger partial charge in [0.25, 0.3) is 0 Å². The van der Waals surface area contributed by atoms with E-state index in [0.717, 1.165) is 18.4 Å². The number of carbonyl (C=O) groups excluding carboxylic acids is 2. The van der Waals surface area contributed by atoms with Crippen LogP contribution in [0.25, 0.3) is 0 Å². The average molecular weight is 374 g/mol. The van der Waals surface area contributed by atoms with Gasteiger partial charge in [-0.25, -0.2) is 9.18 Å². The summed E-state index contributed by atoms with van der Waals surface area (Å²) in [4.78, 5) is 29.4. The molecule has 7 heteroatoms. The summed E-state index contributed by atoms with van der Waals surface area (Å²) in [6, 6.07) is 3.99. The Balaban J connectivity index is 2.09. The lowest BCUT2D eigenvalue weighted by Gasteiger charge is -2.33. The number of methoxy groups -OCH3 is 1. The van der Waals surface area contributed by atoms with E-state index in [4.69, 9.17) is 4.74 Å². The number of aliphatic hydroxyl groups is 1. The fourth-order valence-electron chi connectivity index (χ4n) is 3.83. The van der Waals surface area contributed by atoms with Crippen LogP contribution in [0.5, 0.6) is 0 Å². The lowest BCUT2D eigenvalue weighted by molar-refractivity contribution is -0.136. The molecule has 1 spiro atoms. The van der Waals surface area contributed by atoms with E-state index in [-0.39, 0.29) is 23.1 Å². The third-order valence-electron chi connectivity index (χ3n) is 5.36. The molecule has 1 atom stereocenters. The van der Waals surface area contributed by atoms with Crippen LogP contribution in [0.1, 0.15) is 49.8 Å². The van der Waals surface area contributed by atoms with Gasteiger partial charge in [-0.3, -0.25) is 9.79 Å². The number of hydrogen-bond donors (Lipinski definition) is 2. The number of aryl methyl sites for hydroxylation is 1. The first-order valence-corrected chi connectivity index (χ1v) is 8.98. The minimum absolute atomic E-state index is 0.0877. The van der Waals surface area contributed by atoms with Crippen molar-refractivity contribution >= 4 is 17.7 Å². The van der Waals surface area contributed by atoms with Crippen molar-refractivity contribution < 1.29 is 23.8 Å². The van der Waals surface area contributed by atoms with Gasteiger partial charge in [0, 0.05) is 5.56 Å². The molecule has 1 aliphatic heterocycles.